The monoisotopic (exact) mass is 173 g/mol. The van der Waals surface area contributed by atoms with E-state index < -0.39 is 4.75 Å². The number of carbonyl (C=O) groups excluding carboxylic acids is 1. The van der Waals surface area contributed by atoms with Gasteiger partial charge in [0.25, 0.3) is 0 Å². The summed E-state index contributed by atoms with van der Waals surface area (Å²) in [7, 11) is 0. The predicted molar refractivity (Wildman–Crippen MR) is 47.4 cm³/mol. The standard InChI is InChI=1S/C8H13O2S/c1-6(2)5-10-7(9)8(3,4)11/h1,5H2,2-4H3. The Hall–Kier alpha value is -0.440. The molecule has 0 aromatic rings. The Bertz CT molecular complexity index is 167. The molecule has 0 aliphatic heterocycles. The largest absolute Gasteiger partial charge is 0.460 e. The van der Waals surface area contributed by atoms with Crippen molar-refractivity contribution in [2.24, 2.45) is 0 Å². The summed E-state index contributed by atoms with van der Waals surface area (Å²) in [5, 5.41) is 0. The number of ether oxygens (including phenoxy) is 1. The normalized spacial score (nSPS) is 10.9. The molecule has 0 saturated heterocycles. The highest BCUT2D eigenvalue weighted by molar-refractivity contribution is 7.82. The van der Waals surface area contributed by atoms with E-state index in [-0.39, 0.29) is 12.6 Å². The average Bonchev–Trinajstić information content (AvgIpc) is 1.80. The SMILES string of the molecule is C=C(C)COC(=O)C(C)(C)[S]. The Labute approximate surface area is 73.0 Å². The molecule has 0 saturated carbocycles. The molecule has 63 valence electrons. The highest BCUT2D eigenvalue weighted by Crippen LogP contribution is 2.13. The van der Waals surface area contributed by atoms with Crippen LogP contribution in [0.1, 0.15) is 20.8 Å². The first kappa shape index (κ1) is 10.6. The summed E-state index contributed by atoms with van der Waals surface area (Å²) in [6.07, 6.45) is 0. The molecule has 0 heterocycles. The molecule has 0 aliphatic carbocycles. The molecule has 0 bridgehead atoms. The van der Waals surface area contributed by atoms with E-state index in [4.69, 9.17) is 17.4 Å². The van der Waals surface area contributed by atoms with Crippen LogP contribution < -0.4 is 0 Å². The van der Waals surface area contributed by atoms with Crippen LogP contribution >= 0.6 is 12.6 Å². The van der Waals surface area contributed by atoms with E-state index in [0.717, 1.165) is 5.57 Å². The van der Waals surface area contributed by atoms with Gasteiger partial charge in [0.15, 0.2) is 0 Å². The number of hydrogen-bond donors (Lipinski definition) is 0. The summed E-state index contributed by atoms with van der Waals surface area (Å²) in [5.41, 5.74) is 0.817. The third-order valence-electron chi connectivity index (χ3n) is 0.941. The minimum Gasteiger partial charge on any atom is -0.460 e. The number of carbonyl (C=O) groups is 1. The van der Waals surface area contributed by atoms with Gasteiger partial charge in [0.05, 0.1) is 0 Å². The van der Waals surface area contributed by atoms with Crippen molar-refractivity contribution in [1.82, 2.24) is 0 Å². The van der Waals surface area contributed by atoms with Gasteiger partial charge in [0.1, 0.15) is 11.4 Å². The van der Waals surface area contributed by atoms with Gasteiger partial charge in [-0.15, -0.1) is 0 Å². The zero-order chi connectivity index (χ0) is 9.07. The van der Waals surface area contributed by atoms with E-state index in [2.05, 4.69) is 6.58 Å². The average molecular weight is 173 g/mol. The number of rotatable bonds is 3. The van der Waals surface area contributed by atoms with Crippen LogP contribution in [0.3, 0.4) is 0 Å². The lowest BCUT2D eigenvalue weighted by molar-refractivity contribution is -0.144. The molecule has 0 aromatic heterocycles. The van der Waals surface area contributed by atoms with Gasteiger partial charge < -0.3 is 4.74 Å². The van der Waals surface area contributed by atoms with Crippen molar-refractivity contribution < 1.29 is 9.53 Å². The summed E-state index contributed by atoms with van der Waals surface area (Å²) in [5.74, 6) is -0.365. The van der Waals surface area contributed by atoms with Gasteiger partial charge in [0, 0.05) is 0 Å². The Morgan fingerprint density at radius 2 is 2.09 bits per heavy atom. The van der Waals surface area contributed by atoms with Crippen molar-refractivity contribution in [1.29, 1.82) is 0 Å². The van der Waals surface area contributed by atoms with Crippen LogP contribution in [-0.4, -0.2) is 17.3 Å². The van der Waals surface area contributed by atoms with E-state index >= 15 is 0 Å². The van der Waals surface area contributed by atoms with Gasteiger partial charge in [-0.3, -0.25) is 4.79 Å². The maximum Gasteiger partial charge on any atom is 0.322 e. The van der Waals surface area contributed by atoms with Gasteiger partial charge in [-0.2, -0.15) is 0 Å². The van der Waals surface area contributed by atoms with Gasteiger partial charge >= 0.3 is 5.97 Å². The Balaban J connectivity index is 3.80. The van der Waals surface area contributed by atoms with Gasteiger partial charge in [0.2, 0.25) is 0 Å². The fourth-order valence-corrected chi connectivity index (χ4v) is 0.421. The Morgan fingerprint density at radius 3 is 2.36 bits per heavy atom. The first-order valence-electron chi connectivity index (χ1n) is 3.36. The highest BCUT2D eigenvalue weighted by Gasteiger charge is 2.25. The van der Waals surface area contributed by atoms with Crippen molar-refractivity contribution in [3.05, 3.63) is 12.2 Å². The Kier molecular flexibility index (Phi) is 3.66. The number of esters is 1. The van der Waals surface area contributed by atoms with Crippen LogP contribution in [0.5, 0.6) is 0 Å². The molecule has 1 radical (unpaired) electrons. The maximum atomic E-state index is 11.0. The summed E-state index contributed by atoms with van der Waals surface area (Å²) < 4.78 is 4.00. The molecule has 2 nitrogen and oxygen atoms in total. The van der Waals surface area contributed by atoms with Crippen molar-refractivity contribution in [3.8, 4) is 0 Å². The molecule has 0 N–H and O–H groups in total. The molecule has 3 heteroatoms. The molecule has 0 amide bonds. The van der Waals surface area contributed by atoms with E-state index in [1.807, 2.05) is 0 Å². The molecule has 0 unspecified atom stereocenters. The maximum absolute atomic E-state index is 11.0. The minimum atomic E-state index is -0.824. The van der Waals surface area contributed by atoms with Gasteiger partial charge in [-0.25, -0.2) is 0 Å². The fourth-order valence-electron chi connectivity index (χ4n) is 0.363. The first-order chi connectivity index (χ1) is 4.84. The first-order valence-corrected chi connectivity index (χ1v) is 3.77. The van der Waals surface area contributed by atoms with E-state index in [9.17, 15) is 4.79 Å². The van der Waals surface area contributed by atoms with E-state index in [1.54, 1.807) is 20.8 Å². The second-order valence-corrected chi connectivity index (χ2v) is 4.06. The molecule has 0 fully saturated rings. The fraction of sp³-hybridized carbons (Fsp3) is 0.625. The molecule has 0 aliphatic rings. The van der Waals surface area contributed by atoms with Crippen LogP contribution in [0, 0.1) is 0 Å². The van der Waals surface area contributed by atoms with Crippen molar-refractivity contribution in [3.63, 3.8) is 0 Å². The highest BCUT2D eigenvalue weighted by atomic mass is 32.1. The second-order valence-electron chi connectivity index (χ2n) is 3.04. The molecular weight excluding hydrogens is 160 g/mol. The molecule has 0 atom stereocenters. The van der Waals surface area contributed by atoms with E-state index in [1.165, 1.54) is 0 Å². The lowest BCUT2D eigenvalue weighted by Crippen LogP contribution is -2.27. The lowest BCUT2D eigenvalue weighted by Gasteiger charge is -2.14. The quantitative estimate of drug-likeness (QED) is 0.482. The third kappa shape index (κ3) is 4.90. The predicted octanol–water partition coefficient (Wildman–Crippen LogP) is 2.08. The molecule has 11 heavy (non-hydrogen) atoms. The molecule has 0 rings (SSSR count). The third-order valence-corrected chi connectivity index (χ3v) is 1.11. The molecule has 0 aromatic carbocycles. The summed E-state index contributed by atoms with van der Waals surface area (Å²) in [4.78, 5) is 11.0. The van der Waals surface area contributed by atoms with E-state index in [0.29, 0.717) is 0 Å². The van der Waals surface area contributed by atoms with Crippen molar-refractivity contribution >= 4 is 18.6 Å². The van der Waals surface area contributed by atoms with Crippen LogP contribution in [0.2, 0.25) is 0 Å². The van der Waals surface area contributed by atoms with Crippen LogP contribution in [0.4, 0.5) is 0 Å². The summed E-state index contributed by atoms with van der Waals surface area (Å²) in [6.45, 7) is 8.94. The summed E-state index contributed by atoms with van der Waals surface area (Å²) in [6, 6.07) is 0. The molecule has 0 spiro atoms. The smallest absolute Gasteiger partial charge is 0.322 e. The minimum absolute atomic E-state index is 0.263. The molecular formula is C8H13O2S. The van der Waals surface area contributed by atoms with Crippen molar-refractivity contribution in [2.75, 3.05) is 6.61 Å². The number of hydrogen-bond acceptors (Lipinski definition) is 2. The summed E-state index contributed by atoms with van der Waals surface area (Å²) >= 11 is 4.86. The zero-order valence-electron chi connectivity index (χ0n) is 7.14. The second kappa shape index (κ2) is 3.81. The Morgan fingerprint density at radius 1 is 1.64 bits per heavy atom. The topological polar surface area (TPSA) is 26.3 Å². The zero-order valence-corrected chi connectivity index (χ0v) is 7.96. The van der Waals surface area contributed by atoms with Crippen LogP contribution in [0.15, 0.2) is 12.2 Å². The van der Waals surface area contributed by atoms with Crippen LogP contribution in [0.25, 0.3) is 0 Å². The van der Waals surface area contributed by atoms with Crippen molar-refractivity contribution in [2.45, 2.75) is 25.5 Å². The van der Waals surface area contributed by atoms with Crippen LogP contribution in [-0.2, 0) is 9.53 Å². The van der Waals surface area contributed by atoms with Gasteiger partial charge in [-0.1, -0.05) is 19.2 Å². The van der Waals surface area contributed by atoms with Gasteiger partial charge in [-0.05, 0) is 26.3 Å². The lowest BCUT2D eigenvalue weighted by atomic mass is 10.2.